The van der Waals surface area contributed by atoms with E-state index in [-0.39, 0.29) is 12.5 Å². The number of hydrogen-bond acceptors (Lipinski definition) is 4. The van der Waals surface area contributed by atoms with Gasteiger partial charge in [0.05, 0.1) is 24.8 Å². The highest BCUT2D eigenvalue weighted by Gasteiger charge is 2.11. The topological polar surface area (TPSA) is 88.4 Å². The minimum atomic E-state index is -3.39. The lowest BCUT2D eigenvalue weighted by molar-refractivity contribution is 0.0948. The second-order valence-corrected chi connectivity index (χ2v) is 6.41. The van der Waals surface area contributed by atoms with E-state index in [9.17, 15) is 13.2 Å². The van der Waals surface area contributed by atoms with Crippen molar-refractivity contribution in [1.29, 1.82) is 0 Å². The van der Waals surface area contributed by atoms with E-state index < -0.39 is 10.0 Å². The van der Waals surface area contributed by atoms with Crippen LogP contribution in [0, 0.1) is 6.92 Å². The Kier molecular flexibility index (Phi) is 4.32. The number of carbonyl (C=O) groups is 1. The Morgan fingerprint density at radius 2 is 2.05 bits per heavy atom. The number of aryl methyl sites for hydroxylation is 1. The number of nitrogens with one attached hydrogen (secondary N) is 2. The SMILES string of the molecule is Cc1ccc(C(=O)NCc2ccco2)cc1NS(C)(=O)=O. The Morgan fingerprint density at radius 3 is 2.67 bits per heavy atom. The molecule has 1 amide bonds. The van der Waals surface area contributed by atoms with Gasteiger partial charge < -0.3 is 9.73 Å². The number of sulfonamides is 1. The van der Waals surface area contributed by atoms with Gasteiger partial charge in [0, 0.05) is 5.56 Å². The van der Waals surface area contributed by atoms with Crippen LogP contribution in [0.1, 0.15) is 21.7 Å². The van der Waals surface area contributed by atoms with E-state index in [1.54, 1.807) is 31.2 Å². The fraction of sp³-hybridized carbons (Fsp3) is 0.214. The molecule has 6 nitrogen and oxygen atoms in total. The summed E-state index contributed by atoms with van der Waals surface area (Å²) in [5.41, 5.74) is 1.50. The molecule has 0 saturated carbocycles. The number of furan rings is 1. The zero-order chi connectivity index (χ0) is 15.5. The Hall–Kier alpha value is -2.28. The van der Waals surface area contributed by atoms with Crippen molar-refractivity contribution >= 4 is 21.6 Å². The summed E-state index contributed by atoms with van der Waals surface area (Å²) in [5.74, 6) is 0.341. The molecule has 0 saturated heterocycles. The molecule has 0 bridgehead atoms. The van der Waals surface area contributed by atoms with Crippen LogP contribution in [0.25, 0.3) is 0 Å². The van der Waals surface area contributed by atoms with Crippen LogP contribution >= 0.6 is 0 Å². The van der Waals surface area contributed by atoms with Crippen molar-refractivity contribution in [3.8, 4) is 0 Å². The number of rotatable bonds is 5. The minimum Gasteiger partial charge on any atom is -0.467 e. The van der Waals surface area contributed by atoms with Crippen LogP contribution in [0.4, 0.5) is 5.69 Å². The van der Waals surface area contributed by atoms with Crippen molar-refractivity contribution in [2.45, 2.75) is 13.5 Å². The molecule has 2 rings (SSSR count). The predicted molar refractivity (Wildman–Crippen MR) is 79.5 cm³/mol. The lowest BCUT2D eigenvalue weighted by atomic mass is 10.1. The normalized spacial score (nSPS) is 11.1. The standard InChI is InChI=1S/C14H16N2O4S/c1-10-5-6-11(8-13(10)16-21(2,18)19)14(17)15-9-12-4-3-7-20-12/h3-8,16H,9H2,1-2H3,(H,15,17). The van der Waals surface area contributed by atoms with Crippen LogP contribution in [0.3, 0.4) is 0 Å². The molecule has 2 aromatic rings. The third-order valence-corrected chi connectivity index (χ3v) is 3.39. The lowest BCUT2D eigenvalue weighted by Gasteiger charge is -2.10. The molecule has 0 aliphatic rings. The van der Waals surface area contributed by atoms with Gasteiger partial charge in [0.15, 0.2) is 0 Å². The maximum atomic E-state index is 12.0. The molecule has 112 valence electrons. The molecule has 0 unspecified atom stereocenters. The van der Waals surface area contributed by atoms with E-state index in [4.69, 9.17) is 4.42 Å². The number of hydrogen-bond donors (Lipinski definition) is 2. The quantitative estimate of drug-likeness (QED) is 0.883. The van der Waals surface area contributed by atoms with Crippen LogP contribution in [-0.4, -0.2) is 20.6 Å². The van der Waals surface area contributed by atoms with Gasteiger partial charge in [-0.1, -0.05) is 6.07 Å². The van der Waals surface area contributed by atoms with Gasteiger partial charge in [0.1, 0.15) is 5.76 Å². The van der Waals surface area contributed by atoms with Crippen molar-refractivity contribution in [3.63, 3.8) is 0 Å². The first-order chi connectivity index (χ1) is 9.85. The van der Waals surface area contributed by atoms with Crippen molar-refractivity contribution < 1.29 is 17.6 Å². The summed E-state index contributed by atoms with van der Waals surface area (Å²) < 4.78 is 30.1. The lowest BCUT2D eigenvalue weighted by Crippen LogP contribution is -2.23. The monoisotopic (exact) mass is 308 g/mol. The zero-order valence-electron chi connectivity index (χ0n) is 11.7. The van der Waals surface area contributed by atoms with Crippen molar-refractivity contribution in [2.75, 3.05) is 11.0 Å². The largest absolute Gasteiger partial charge is 0.467 e. The van der Waals surface area contributed by atoms with Gasteiger partial charge in [-0.25, -0.2) is 8.42 Å². The van der Waals surface area contributed by atoms with Crippen LogP contribution < -0.4 is 10.0 Å². The predicted octanol–water partition coefficient (Wildman–Crippen LogP) is 1.89. The molecule has 7 heteroatoms. The maximum absolute atomic E-state index is 12.0. The second kappa shape index (κ2) is 6.01. The van der Waals surface area contributed by atoms with Crippen LogP contribution in [0.15, 0.2) is 41.0 Å². The van der Waals surface area contributed by atoms with Gasteiger partial charge in [-0.2, -0.15) is 0 Å². The summed E-state index contributed by atoms with van der Waals surface area (Å²) in [7, 11) is -3.39. The average molecular weight is 308 g/mol. The van der Waals surface area contributed by atoms with Crippen molar-refractivity contribution in [3.05, 3.63) is 53.5 Å². The molecular weight excluding hydrogens is 292 g/mol. The van der Waals surface area contributed by atoms with Crippen LogP contribution in [0.5, 0.6) is 0 Å². The molecule has 1 aromatic carbocycles. The third kappa shape index (κ3) is 4.35. The Labute approximate surface area is 123 Å². The fourth-order valence-electron chi connectivity index (χ4n) is 1.76. The molecule has 0 radical (unpaired) electrons. The number of anilines is 1. The van der Waals surface area contributed by atoms with Gasteiger partial charge >= 0.3 is 0 Å². The molecule has 0 aliphatic heterocycles. The summed E-state index contributed by atoms with van der Waals surface area (Å²) in [5, 5.41) is 2.70. The maximum Gasteiger partial charge on any atom is 0.251 e. The zero-order valence-corrected chi connectivity index (χ0v) is 12.5. The van der Waals surface area contributed by atoms with Crippen LogP contribution in [0.2, 0.25) is 0 Å². The van der Waals surface area contributed by atoms with Crippen molar-refractivity contribution in [1.82, 2.24) is 5.32 Å². The Bertz CT molecular complexity index is 736. The highest BCUT2D eigenvalue weighted by molar-refractivity contribution is 7.92. The molecule has 1 heterocycles. The molecule has 0 atom stereocenters. The highest BCUT2D eigenvalue weighted by Crippen LogP contribution is 2.18. The first kappa shape index (κ1) is 15.1. The van der Waals surface area contributed by atoms with E-state index in [0.717, 1.165) is 11.8 Å². The number of benzene rings is 1. The first-order valence-electron chi connectivity index (χ1n) is 6.24. The molecule has 0 aliphatic carbocycles. The average Bonchev–Trinajstić information content (AvgIpc) is 2.90. The van der Waals surface area contributed by atoms with E-state index in [1.807, 2.05) is 0 Å². The fourth-order valence-corrected chi connectivity index (χ4v) is 2.37. The van der Waals surface area contributed by atoms with Gasteiger partial charge in [0.25, 0.3) is 5.91 Å². The van der Waals surface area contributed by atoms with Gasteiger partial charge in [0.2, 0.25) is 10.0 Å². The van der Waals surface area contributed by atoms with E-state index >= 15 is 0 Å². The number of amides is 1. The summed E-state index contributed by atoms with van der Waals surface area (Å²) in [6.07, 6.45) is 2.59. The third-order valence-electron chi connectivity index (χ3n) is 2.80. The minimum absolute atomic E-state index is 0.272. The molecule has 1 aromatic heterocycles. The second-order valence-electron chi connectivity index (χ2n) is 4.67. The van der Waals surface area contributed by atoms with E-state index in [1.165, 1.54) is 12.3 Å². The van der Waals surface area contributed by atoms with Crippen molar-refractivity contribution in [2.24, 2.45) is 0 Å². The van der Waals surface area contributed by atoms with Gasteiger partial charge in [-0.3, -0.25) is 9.52 Å². The number of carbonyl (C=O) groups excluding carboxylic acids is 1. The summed E-state index contributed by atoms with van der Waals surface area (Å²) in [6.45, 7) is 2.03. The summed E-state index contributed by atoms with van der Waals surface area (Å²) in [4.78, 5) is 12.0. The highest BCUT2D eigenvalue weighted by atomic mass is 32.2. The first-order valence-corrected chi connectivity index (χ1v) is 8.13. The molecule has 21 heavy (non-hydrogen) atoms. The Balaban J connectivity index is 2.12. The Morgan fingerprint density at radius 1 is 1.29 bits per heavy atom. The molecule has 0 fully saturated rings. The molecule has 0 spiro atoms. The molecular formula is C14H16N2O4S. The van der Waals surface area contributed by atoms with Gasteiger partial charge in [-0.15, -0.1) is 0 Å². The van der Waals surface area contributed by atoms with Gasteiger partial charge in [-0.05, 0) is 36.8 Å². The van der Waals surface area contributed by atoms with E-state index in [0.29, 0.717) is 17.0 Å². The molecule has 2 N–H and O–H groups in total. The summed E-state index contributed by atoms with van der Waals surface area (Å²) >= 11 is 0. The summed E-state index contributed by atoms with van der Waals surface area (Å²) in [6, 6.07) is 8.33. The van der Waals surface area contributed by atoms with Crippen LogP contribution in [-0.2, 0) is 16.6 Å². The smallest absolute Gasteiger partial charge is 0.251 e. The van der Waals surface area contributed by atoms with E-state index in [2.05, 4.69) is 10.0 Å².